The molecule has 0 saturated heterocycles. The van der Waals surface area contributed by atoms with E-state index in [2.05, 4.69) is 5.73 Å². The zero-order valence-corrected chi connectivity index (χ0v) is 7.23. The van der Waals surface area contributed by atoms with Crippen molar-refractivity contribution >= 4 is 15.9 Å². The van der Waals surface area contributed by atoms with Crippen molar-refractivity contribution in [1.29, 1.82) is 0 Å². The standard InChI is InChI=1S/C3H9OS.C2H5NO2/c1-5(2,3)4;3-1-2(4)5/h1-3H3;1,3H2,(H,4,5)/q+1;/p-1. The van der Waals surface area contributed by atoms with Gasteiger partial charge in [0.05, 0.1) is 15.9 Å². The lowest BCUT2D eigenvalue weighted by molar-refractivity contribution is -0.303. The van der Waals surface area contributed by atoms with Crippen LogP contribution in [-0.2, 0) is 18.9 Å². The molecule has 0 aliphatic carbocycles. The number of carbonyl (C=O) groups is 1. The summed E-state index contributed by atoms with van der Waals surface area (Å²) in [4.78, 5) is 9.13. The molecule has 0 aliphatic rings. The minimum absolute atomic E-state index is 0.389. The summed E-state index contributed by atoms with van der Waals surface area (Å²) in [6.07, 6.45) is 5.15. The fraction of sp³-hybridized carbons (Fsp3) is 0.800. The maximum Gasteiger partial charge on any atom is 0.101 e. The average Bonchev–Trinajstić information content (AvgIpc) is 1.61. The number of aliphatic carboxylic acids is 1. The molecule has 0 fully saturated rings. The first kappa shape index (κ1) is 12.3. The van der Waals surface area contributed by atoms with Gasteiger partial charge in [-0.05, 0) is 0 Å². The molecular formula is C5H13NO3S. The topological polar surface area (TPSA) is 83.2 Å². The van der Waals surface area contributed by atoms with Gasteiger partial charge >= 0.3 is 0 Å². The van der Waals surface area contributed by atoms with E-state index in [-0.39, 0.29) is 6.54 Å². The zero-order valence-electron chi connectivity index (χ0n) is 6.42. The van der Waals surface area contributed by atoms with Gasteiger partial charge in [-0.1, -0.05) is 0 Å². The van der Waals surface area contributed by atoms with E-state index in [1.807, 2.05) is 0 Å². The highest BCUT2D eigenvalue weighted by Crippen LogP contribution is 1.78. The molecule has 5 heteroatoms. The van der Waals surface area contributed by atoms with Gasteiger partial charge in [0.15, 0.2) is 0 Å². The van der Waals surface area contributed by atoms with Gasteiger partial charge in [-0.25, -0.2) is 0 Å². The van der Waals surface area contributed by atoms with Crippen LogP contribution in [0.15, 0.2) is 0 Å². The summed E-state index contributed by atoms with van der Waals surface area (Å²) in [6.45, 7) is -0.389. The summed E-state index contributed by atoms with van der Waals surface area (Å²) in [5, 5.41) is 9.13. The first-order valence-electron chi connectivity index (χ1n) is 2.56. The molecule has 0 aromatic rings. The molecule has 0 atom stereocenters. The first-order valence-corrected chi connectivity index (χ1v) is 5.34. The Labute approximate surface area is 61.8 Å². The molecular weight excluding hydrogens is 154 g/mol. The fourth-order valence-electron chi connectivity index (χ4n) is 0. The number of nitrogens with two attached hydrogens (primary N) is 1. The second-order valence-electron chi connectivity index (χ2n) is 2.30. The van der Waals surface area contributed by atoms with E-state index in [0.717, 1.165) is 0 Å². The van der Waals surface area contributed by atoms with Crippen molar-refractivity contribution in [2.75, 3.05) is 25.3 Å². The molecule has 10 heavy (non-hydrogen) atoms. The Bertz CT molecular complexity index is 132. The summed E-state index contributed by atoms with van der Waals surface area (Å²) < 4.78 is 10.2. The Kier molecular flexibility index (Phi) is 6.59. The molecule has 0 amide bonds. The van der Waals surface area contributed by atoms with Gasteiger partial charge in [-0.15, -0.1) is 4.21 Å². The van der Waals surface area contributed by atoms with Crippen LogP contribution in [0.3, 0.4) is 0 Å². The summed E-state index contributed by atoms with van der Waals surface area (Å²) >= 11 is 0. The number of hydrogen-bond acceptors (Lipinski definition) is 4. The van der Waals surface area contributed by atoms with E-state index >= 15 is 0 Å². The predicted octanol–water partition coefficient (Wildman–Crippen LogP) is -1.93. The zero-order chi connectivity index (χ0) is 8.78. The maximum absolute atomic E-state index is 10.2. The minimum atomic E-state index is -1.42. The lowest BCUT2D eigenvalue weighted by Gasteiger charge is -1.87. The Morgan fingerprint density at radius 3 is 1.60 bits per heavy atom. The minimum Gasteiger partial charge on any atom is -0.549 e. The smallest absolute Gasteiger partial charge is 0.101 e. The van der Waals surface area contributed by atoms with Crippen LogP contribution in [0.4, 0.5) is 0 Å². The molecule has 62 valence electrons. The van der Waals surface area contributed by atoms with Gasteiger partial charge in [0.2, 0.25) is 0 Å². The largest absolute Gasteiger partial charge is 0.549 e. The third kappa shape index (κ3) is 131. The number of carbonyl (C=O) groups excluding carboxylic acids is 1. The molecule has 0 bridgehead atoms. The number of carboxylic acids is 1. The molecule has 0 saturated carbocycles. The molecule has 4 nitrogen and oxygen atoms in total. The van der Waals surface area contributed by atoms with Gasteiger partial charge in [0.25, 0.3) is 0 Å². The van der Waals surface area contributed by atoms with Crippen molar-refractivity contribution in [3.63, 3.8) is 0 Å². The number of carboxylic acid groups (broad SMARTS) is 1. The van der Waals surface area contributed by atoms with Gasteiger partial charge in [-0.3, -0.25) is 0 Å². The first-order chi connectivity index (χ1) is 4.27. The second-order valence-corrected chi connectivity index (χ2v) is 5.75. The van der Waals surface area contributed by atoms with Crippen molar-refractivity contribution in [3.8, 4) is 0 Å². The van der Waals surface area contributed by atoms with Crippen LogP contribution in [0.2, 0.25) is 0 Å². The van der Waals surface area contributed by atoms with Crippen LogP contribution < -0.4 is 10.8 Å². The normalized spacial score (nSPS) is 9.60. The lowest BCUT2D eigenvalue weighted by Crippen LogP contribution is -2.30. The van der Waals surface area contributed by atoms with Gasteiger partial charge in [0, 0.05) is 6.54 Å². The van der Waals surface area contributed by atoms with Gasteiger partial charge in [0.1, 0.15) is 18.8 Å². The summed E-state index contributed by atoms with van der Waals surface area (Å²) in [6, 6.07) is 0. The Morgan fingerprint density at radius 2 is 1.60 bits per heavy atom. The van der Waals surface area contributed by atoms with E-state index < -0.39 is 15.9 Å². The molecule has 0 rings (SSSR count). The Morgan fingerprint density at radius 1 is 1.50 bits per heavy atom. The quantitative estimate of drug-likeness (QED) is 0.461. The highest BCUT2D eigenvalue weighted by atomic mass is 32.2. The monoisotopic (exact) mass is 167 g/mol. The van der Waals surface area contributed by atoms with Crippen molar-refractivity contribution in [2.45, 2.75) is 0 Å². The summed E-state index contributed by atoms with van der Waals surface area (Å²) in [7, 11) is -1.42. The van der Waals surface area contributed by atoms with E-state index in [4.69, 9.17) is 9.90 Å². The fourth-order valence-corrected chi connectivity index (χ4v) is 0. The van der Waals surface area contributed by atoms with Crippen LogP contribution in [-0.4, -0.2) is 31.3 Å². The van der Waals surface area contributed by atoms with Gasteiger partial charge < -0.3 is 15.6 Å². The van der Waals surface area contributed by atoms with Crippen molar-refractivity contribution in [3.05, 3.63) is 0 Å². The molecule has 2 N–H and O–H groups in total. The highest BCUT2D eigenvalue weighted by Gasteiger charge is 1.95. The van der Waals surface area contributed by atoms with E-state index in [1.54, 1.807) is 18.8 Å². The number of rotatable bonds is 1. The third-order valence-corrected chi connectivity index (χ3v) is 0.167. The van der Waals surface area contributed by atoms with Crippen LogP contribution >= 0.6 is 0 Å². The van der Waals surface area contributed by atoms with E-state index in [9.17, 15) is 4.21 Å². The molecule has 0 unspecified atom stereocenters. The molecule has 0 aromatic heterocycles. The van der Waals surface area contributed by atoms with Crippen molar-refractivity contribution < 1.29 is 14.1 Å². The van der Waals surface area contributed by atoms with Crippen molar-refractivity contribution in [2.24, 2.45) is 5.73 Å². The van der Waals surface area contributed by atoms with Crippen LogP contribution in [0, 0.1) is 0 Å². The summed E-state index contributed by atoms with van der Waals surface area (Å²) in [5.41, 5.74) is 4.51. The SMILES string of the molecule is C[S+](C)(C)=O.NCC(=O)[O-]. The second kappa shape index (κ2) is 5.37. The number of hydrogen-bond donors (Lipinski definition) is 1. The Hall–Kier alpha value is -0.420. The third-order valence-electron chi connectivity index (χ3n) is 0.167. The highest BCUT2D eigenvalue weighted by molar-refractivity contribution is 8.00. The van der Waals surface area contributed by atoms with Crippen molar-refractivity contribution in [1.82, 2.24) is 0 Å². The van der Waals surface area contributed by atoms with Gasteiger partial charge in [-0.2, -0.15) is 0 Å². The molecule has 0 radical (unpaired) electrons. The van der Waals surface area contributed by atoms with Crippen LogP contribution in [0.5, 0.6) is 0 Å². The van der Waals surface area contributed by atoms with E-state index in [1.165, 1.54) is 0 Å². The predicted molar refractivity (Wildman–Crippen MR) is 39.9 cm³/mol. The van der Waals surface area contributed by atoms with E-state index in [0.29, 0.717) is 0 Å². The average molecular weight is 167 g/mol. The Balaban J connectivity index is 0. The lowest BCUT2D eigenvalue weighted by atomic mass is 10.7. The van der Waals surface area contributed by atoms with Crippen LogP contribution in [0.25, 0.3) is 0 Å². The van der Waals surface area contributed by atoms with Crippen LogP contribution in [0.1, 0.15) is 0 Å². The molecule has 0 aromatic carbocycles. The molecule has 0 aliphatic heterocycles. The maximum atomic E-state index is 10.2. The molecule has 0 spiro atoms. The summed E-state index contributed by atoms with van der Waals surface area (Å²) in [5.74, 6) is -1.22. The molecule has 0 heterocycles.